The summed E-state index contributed by atoms with van der Waals surface area (Å²) < 4.78 is 73.6. The first-order valence-electron chi connectivity index (χ1n) is 8.10. The van der Waals surface area contributed by atoms with Crippen molar-refractivity contribution in [1.82, 2.24) is 0 Å². The zero-order valence-electron chi connectivity index (χ0n) is 12.8. The van der Waals surface area contributed by atoms with Crippen LogP contribution in [0.1, 0.15) is 27.2 Å². The molecule has 5 aliphatic carbocycles. The maximum Gasteiger partial charge on any atom is 0.523 e. The van der Waals surface area contributed by atoms with Crippen molar-refractivity contribution in [2.75, 3.05) is 0 Å². The van der Waals surface area contributed by atoms with Crippen LogP contribution >= 0.6 is 0 Å². The van der Waals surface area contributed by atoms with Crippen LogP contribution < -0.4 is 0 Å². The molecule has 2 heterocycles. The maximum absolute atomic E-state index is 13.0. The molecule has 8 heteroatoms. The summed E-state index contributed by atoms with van der Waals surface area (Å²) in [5.74, 6) is -0.293. The zero-order valence-corrected chi connectivity index (χ0v) is 13.7. The van der Waals surface area contributed by atoms with Gasteiger partial charge in [0.05, 0.1) is 5.60 Å². The fourth-order valence-corrected chi connectivity index (χ4v) is 9.76. The fourth-order valence-electron chi connectivity index (χ4n) is 9.02. The van der Waals surface area contributed by atoms with Crippen LogP contribution in [-0.4, -0.2) is 25.3 Å². The van der Waals surface area contributed by atoms with Gasteiger partial charge in [-0.1, -0.05) is 13.8 Å². The van der Waals surface area contributed by atoms with Gasteiger partial charge in [-0.3, -0.25) is 0 Å². The van der Waals surface area contributed by atoms with Gasteiger partial charge in [-0.15, -0.1) is 0 Å². The fraction of sp³-hybridized carbons (Fsp3) is 1.00. The van der Waals surface area contributed by atoms with Gasteiger partial charge in [0.25, 0.3) is 0 Å². The van der Waals surface area contributed by atoms with Crippen LogP contribution in [0, 0.1) is 46.3 Å². The molecule has 7 fully saturated rings. The highest BCUT2D eigenvalue weighted by Gasteiger charge is 3.05. The molecule has 0 aromatic heterocycles. The summed E-state index contributed by atoms with van der Waals surface area (Å²) in [6.45, 7) is 5.96. The van der Waals surface area contributed by atoms with Gasteiger partial charge in [0, 0.05) is 16.7 Å². The van der Waals surface area contributed by atoms with E-state index in [9.17, 15) is 21.6 Å². The predicted molar refractivity (Wildman–Crippen MR) is 70.1 cm³/mol. The van der Waals surface area contributed by atoms with Crippen LogP contribution in [0.25, 0.3) is 0 Å². The number of rotatable bonds is 2. The molecule has 23 heavy (non-hydrogen) atoms. The SMILES string of the molecule is CC12OC3(OS(=O)(=O)C(F)(F)F)C4C5CC(C41)C1C5C3(C)C12C. The van der Waals surface area contributed by atoms with Crippen LogP contribution in [0.15, 0.2) is 0 Å². The van der Waals surface area contributed by atoms with E-state index in [2.05, 4.69) is 6.92 Å². The molecule has 10 atom stereocenters. The summed E-state index contributed by atoms with van der Waals surface area (Å²) in [6, 6.07) is 0. The molecule has 128 valence electrons. The standard InChI is InChI=1S/C15H17F3O4S/c1-11-7-5-4-6-8(7)12(11,2)14(22-23(19,20)15(16,17)18)10(6)9(5)13(11,3)21-14/h5-10H,4H2,1-3H3. The molecule has 2 saturated heterocycles. The van der Waals surface area contributed by atoms with Crippen LogP contribution in [-0.2, 0) is 19.0 Å². The van der Waals surface area contributed by atoms with E-state index in [1.165, 1.54) is 0 Å². The Morgan fingerprint density at radius 1 is 1.00 bits per heavy atom. The Morgan fingerprint density at radius 3 is 2.17 bits per heavy atom. The van der Waals surface area contributed by atoms with Gasteiger partial charge in [0.2, 0.25) is 0 Å². The van der Waals surface area contributed by atoms with Gasteiger partial charge in [0.15, 0.2) is 5.79 Å². The third-order valence-electron chi connectivity index (χ3n) is 9.29. The van der Waals surface area contributed by atoms with E-state index in [1.54, 1.807) is 0 Å². The average Bonchev–Trinajstić information content (AvgIpc) is 3.07. The van der Waals surface area contributed by atoms with Crippen molar-refractivity contribution in [3.05, 3.63) is 0 Å². The molecule has 5 saturated carbocycles. The van der Waals surface area contributed by atoms with E-state index in [4.69, 9.17) is 8.92 Å². The van der Waals surface area contributed by atoms with Crippen LogP contribution in [0.5, 0.6) is 0 Å². The quantitative estimate of drug-likeness (QED) is 0.567. The Kier molecular flexibility index (Phi) is 1.74. The molecule has 7 rings (SSSR count). The topological polar surface area (TPSA) is 52.6 Å². The lowest BCUT2D eigenvalue weighted by Gasteiger charge is -2.63. The first kappa shape index (κ1) is 13.9. The minimum Gasteiger partial charge on any atom is -0.341 e. The van der Waals surface area contributed by atoms with E-state index < -0.39 is 32.4 Å². The second-order valence-corrected chi connectivity index (χ2v) is 10.5. The van der Waals surface area contributed by atoms with Crippen molar-refractivity contribution in [3.8, 4) is 0 Å². The van der Waals surface area contributed by atoms with Crippen molar-refractivity contribution < 1.29 is 30.5 Å². The lowest BCUT2D eigenvalue weighted by molar-refractivity contribution is -0.241. The summed E-state index contributed by atoms with van der Waals surface area (Å²) in [4.78, 5) is 0. The third kappa shape index (κ3) is 0.843. The molecule has 0 spiro atoms. The Bertz CT molecular complexity index is 795. The second-order valence-electron chi connectivity index (χ2n) is 8.93. The van der Waals surface area contributed by atoms with Gasteiger partial charge >= 0.3 is 15.6 Å². The number of hydrogen-bond donors (Lipinski definition) is 0. The van der Waals surface area contributed by atoms with Crippen LogP contribution in [0.2, 0.25) is 0 Å². The van der Waals surface area contributed by atoms with Gasteiger partial charge in [-0.2, -0.15) is 21.6 Å². The highest BCUT2D eigenvalue weighted by Crippen LogP contribution is 3.01. The molecule has 2 aliphatic heterocycles. The zero-order chi connectivity index (χ0) is 16.6. The normalized spacial score (nSPS) is 69.3. The summed E-state index contributed by atoms with van der Waals surface area (Å²) in [7, 11) is -5.68. The summed E-state index contributed by atoms with van der Waals surface area (Å²) >= 11 is 0. The second kappa shape index (κ2) is 2.88. The van der Waals surface area contributed by atoms with Crippen molar-refractivity contribution in [2.24, 2.45) is 46.3 Å². The number of hydrogen-bond acceptors (Lipinski definition) is 4. The Labute approximate surface area is 131 Å². The lowest BCUT2D eigenvalue weighted by atomic mass is 9.38. The molecule has 7 aliphatic rings. The van der Waals surface area contributed by atoms with Crippen molar-refractivity contribution in [1.29, 1.82) is 0 Å². The van der Waals surface area contributed by atoms with Crippen molar-refractivity contribution >= 4 is 10.1 Å². The van der Waals surface area contributed by atoms with Crippen molar-refractivity contribution in [2.45, 2.75) is 44.1 Å². The number of alkyl halides is 3. The van der Waals surface area contributed by atoms with E-state index >= 15 is 0 Å². The molecule has 0 aromatic carbocycles. The van der Waals surface area contributed by atoms with Gasteiger partial charge < -0.3 is 4.74 Å². The molecular formula is C15H17F3O4S. The maximum atomic E-state index is 13.0. The monoisotopic (exact) mass is 350 g/mol. The minimum absolute atomic E-state index is 0.137. The first-order chi connectivity index (χ1) is 10.4. The summed E-state index contributed by atoms with van der Waals surface area (Å²) in [5.41, 5.74) is -6.91. The number of ether oxygens (including phenoxy) is 1. The van der Waals surface area contributed by atoms with Crippen LogP contribution in [0.4, 0.5) is 13.2 Å². The highest BCUT2D eigenvalue weighted by molar-refractivity contribution is 7.87. The van der Waals surface area contributed by atoms with Crippen LogP contribution in [0.3, 0.4) is 0 Å². The summed E-state index contributed by atoms with van der Waals surface area (Å²) in [6.07, 6.45) is 0.992. The first-order valence-corrected chi connectivity index (χ1v) is 9.51. The van der Waals surface area contributed by atoms with E-state index in [-0.39, 0.29) is 29.1 Å². The average molecular weight is 350 g/mol. The Balaban J connectivity index is 1.59. The van der Waals surface area contributed by atoms with Gasteiger partial charge in [0.1, 0.15) is 0 Å². The number of halogens is 3. The molecule has 4 bridgehead atoms. The van der Waals surface area contributed by atoms with Gasteiger partial charge in [-0.25, -0.2) is 4.18 Å². The van der Waals surface area contributed by atoms with E-state index in [0.717, 1.165) is 6.42 Å². The molecular weight excluding hydrogens is 333 g/mol. The van der Waals surface area contributed by atoms with Crippen molar-refractivity contribution in [3.63, 3.8) is 0 Å². The molecule has 0 N–H and O–H groups in total. The third-order valence-corrected chi connectivity index (χ3v) is 10.3. The Morgan fingerprint density at radius 2 is 1.57 bits per heavy atom. The highest BCUT2D eigenvalue weighted by atomic mass is 32.2. The Hall–Kier alpha value is -0.340. The van der Waals surface area contributed by atoms with E-state index in [0.29, 0.717) is 11.8 Å². The molecule has 4 nitrogen and oxygen atoms in total. The lowest BCUT2D eigenvalue weighted by Crippen LogP contribution is -2.67. The molecule has 10 unspecified atom stereocenters. The van der Waals surface area contributed by atoms with E-state index in [1.807, 2.05) is 13.8 Å². The summed E-state index contributed by atoms with van der Waals surface area (Å²) in [5, 5.41) is 0. The largest absolute Gasteiger partial charge is 0.523 e. The molecule has 0 aromatic rings. The molecule has 0 amide bonds. The molecule has 0 radical (unpaired) electrons. The van der Waals surface area contributed by atoms with Gasteiger partial charge in [-0.05, 0) is 42.9 Å². The minimum atomic E-state index is -5.68. The smallest absolute Gasteiger partial charge is 0.341 e. The predicted octanol–water partition coefficient (Wildman–Crippen LogP) is 2.51.